The Morgan fingerprint density at radius 3 is 2.62 bits per heavy atom. The lowest BCUT2D eigenvalue weighted by Crippen LogP contribution is -2.49. The summed E-state index contributed by atoms with van der Waals surface area (Å²) in [5, 5.41) is 18.3. The van der Waals surface area contributed by atoms with E-state index in [1.165, 1.54) is 11.0 Å². The molecule has 2 aromatic rings. The smallest absolute Gasteiger partial charge is 0.246 e. The number of rotatable bonds is 9. The highest BCUT2D eigenvalue weighted by Gasteiger charge is 2.26. The number of aromatic nitrogens is 2. The summed E-state index contributed by atoms with van der Waals surface area (Å²) in [6.45, 7) is 2.40. The second kappa shape index (κ2) is 14.7. The zero-order valence-electron chi connectivity index (χ0n) is 23.9. The SMILES string of the molecule is CNc1nc(Nc2ccc(C#N)cc2)ncc1C#C[C@@H]1CCC[C@H](NC(=O)[C@H](C)N(C)C(=O)/C=C/CN(C)C)C1. The van der Waals surface area contributed by atoms with Crippen LogP contribution in [0.15, 0.2) is 42.6 Å². The van der Waals surface area contributed by atoms with Crippen LogP contribution in [0, 0.1) is 29.1 Å². The van der Waals surface area contributed by atoms with Crippen LogP contribution in [0.3, 0.4) is 0 Å². The lowest BCUT2D eigenvalue weighted by molar-refractivity contribution is -0.135. The van der Waals surface area contributed by atoms with Crippen molar-refractivity contribution < 1.29 is 9.59 Å². The number of hydrogen-bond donors (Lipinski definition) is 3. The quantitative estimate of drug-likeness (QED) is 0.326. The lowest BCUT2D eigenvalue weighted by Gasteiger charge is -2.30. The van der Waals surface area contributed by atoms with E-state index in [0.717, 1.165) is 31.4 Å². The average molecular weight is 543 g/mol. The van der Waals surface area contributed by atoms with Gasteiger partial charge < -0.3 is 25.8 Å². The Morgan fingerprint density at radius 2 is 1.95 bits per heavy atom. The minimum Gasteiger partial charge on any atom is -0.372 e. The number of amides is 2. The zero-order chi connectivity index (χ0) is 29.1. The van der Waals surface area contributed by atoms with Crippen molar-refractivity contribution in [2.75, 3.05) is 45.4 Å². The van der Waals surface area contributed by atoms with E-state index in [2.05, 4.69) is 43.8 Å². The second-order valence-corrected chi connectivity index (χ2v) is 10.1. The summed E-state index contributed by atoms with van der Waals surface area (Å²) in [6.07, 6.45) is 8.53. The highest BCUT2D eigenvalue weighted by Crippen LogP contribution is 2.25. The summed E-state index contributed by atoms with van der Waals surface area (Å²) < 4.78 is 0. The molecule has 0 saturated heterocycles. The molecule has 0 aliphatic heterocycles. The van der Waals surface area contributed by atoms with Gasteiger partial charge in [-0.25, -0.2) is 4.98 Å². The molecule has 3 atom stereocenters. The molecule has 3 rings (SSSR count). The van der Waals surface area contributed by atoms with Crippen LogP contribution in [0.1, 0.15) is 43.7 Å². The van der Waals surface area contributed by atoms with E-state index in [1.807, 2.05) is 19.0 Å². The van der Waals surface area contributed by atoms with Crippen LogP contribution in [0.2, 0.25) is 0 Å². The fourth-order valence-electron chi connectivity index (χ4n) is 4.28. The molecule has 1 fully saturated rings. The molecular weight excluding hydrogens is 504 g/mol. The first-order valence-electron chi connectivity index (χ1n) is 13.4. The first-order chi connectivity index (χ1) is 19.2. The molecule has 10 heteroatoms. The molecule has 0 unspecified atom stereocenters. The number of hydrogen-bond acceptors (Lipinski definition) is 8. The molecule has 1 heterocycles. The minimum absolute atomic E-state index is 0.00908. The fraction of sp³-hybridized carbons (Fsp3) is 0.433. The third-order valence-electron chi connectivity index (χ3n) is 6.77. The summed E-state index contributed by atoms with van der Waals surface area (Å²) >= 11 is 0. The van der Waals surface area contributed by atoms with Gasteiger partial charge in [0.15, 0.2) is 0 Å². The molecule has 1 aliphatic carbocycles. The van der Waals surface area contributed by atoms with Gasteiger partial charge in [0, 0.05) is 44.4 Å². The Morgan fingerprint density at radius 1 is 1.20 bits per heavy atom. The summed E-state index contributed by atoms with van der Waals surface area (Å²) in [7, 11) is 7.29. The number of nitrogens with zero attached hydrogens (tertiary/aromatic N) is 5. The van der Waals surface area contributed by atoms with Gasteiger partial charge in [-0.05, 0) is 64.5 Å². The van der Waals surface area contributed by atoms with Crippen molar-refractivity contribution >= 4 is 29.3 Å². The number of nitriles is 1. The van der Waals surface area contributed by atoms with Gasteiger partial charge in [0.2, 0.25) is 17.8 Å². The zero-order valence-corrected chi connectivity index (χ0v) is 23.9. The Kier molecular flexibility index (Phi) is 11.0. The van der Waals surface area contributed by atoms with E-state index in [1.54, 1.807) is 57.6 Å². The normalized spacial score (nSPS) is 17.3. The van der Waals surface area contributed by atoms with Gasteiger partial charge in [-0.2, -0.15) is 10.2 Å². The van der Waals surface area contributed by atoms with E-state index >= 15 is 0 Å². The molecule has 0 radical (unpaired) electrons. The molecule has 1 aromatic carbocycles. The summed E-state index contributed by atoms with van der Waals surface area (Å²) in [5.74, 6) is 7.37. The Bertz CT molecular complexity index is 1300. The molecule has 1 aliphatic rings. The Balaban J connectivity index is 1.58. The predicted molar refractivity (Wildman–Crippen MR) is 157 cm³/mol. The van der Waals surface area contributed by atoms with E-state index in [4.69, 9.17) is 5.26 Å². The molecule has 210 valence electrons. The van der Waals surface area contributed by atoms with Crippen LogP contribution in [0.4, 0.5) is 17.5 Å². The third-order valence-corrected chi connectivity index (χ3v) is 6.77. The van der Waals surface area contributed by atoms with Crippen molar-refractivity contribution in [2.45, 2.75) is 44.7 Å². The molecule has 40 heavy (non-hydrogen) atoms. The van der Waals surface area contributed by atoms with Crippen molar-refractivity contribution in [3.05, 3.63) is 53.7 Å². The molecule has 1 saturated carbocycles. The van der Waals surface area contributed by atoms with Crippen LogP contribution in [0.25, 0.3) is 0 Å². The van der Waals surface area contributed by atoms with E-state index < -0.39 is 6.04 Å². The van der Waals surface area contributed by atoms with Crippen molar-refractivity contribution in [3.8, 4) is 17.9 Å². The third kappa shape index (κ3) is 8.82. The molecular formula is C30H38N8O2. The van der Waals surface area contributed by atoms with Gasteiger partial charge in [0.05, 0.1) is 23.4 Å². The monoisotopic (exact) mass is 542 g/mol. The van der Waals surface area contributed by atoms with Gasteiger partial charge in [0.25, 0.3) is 0 Å². The van der Waals surface area contributed by atoms with Crippen LogP contribution in [-0.2, 0) is 9.59 Å². The predicted octanol–water partition coefficient (Wildman–Crippen LogP) is 3.12. The largest absolute Gasteiger partial charge is 0.372 e. The average Bonchev–Trinajstić information content (AvgIpc) is 2.95. The van der Waals surface area contributed by atoms with E-state index in [-0.39, 0.29) is 23.8 Å². The number of carbonyl (C=O) groups excluding carboxylic acids is 2. The first kappa shape index (κ1) is 30.1. The summed E-state index contributed by atoms with van der Waals surface area (Å²) in [4.78, 5) is 37.6. The first-order valence-corrected chi connectivity index (χ1v) is 13.4. The minimum atomic E-state index is -0.574. The van der Waals surface area contributed by atoms with Crippen LogP contribution in [0.5, 0.6) is 0 Å². The molecule has 0 spiro atoms. The highest BCUT2D eigenvalue weighted by atomic mass is 16.2. The summed E-state index contributed by atoms with van der Waals surface area (Å²) in [6, 6.07) is 8.58. The van der Waals surface area contributed by atoms with Crippen LogP contribution >= 0.6 is 0 Å². The summed E-state index contributed by atoms with van der Waals surface area (Å²) in [5.41, 5.74) is 2.05. The topological polar surface area (TPSA) is 126 Å². The van der Waals surface area contributed by atoms with Crippen molar-refractivity contribution in [1.29, 1.82) is 5.26 Å². The standard InChI is InChI=1S/C30H38N8O2/c1-21(38(5)27(39)10-7-17-37(3)4)29(40)34-26-9-6-8-22(18-26)11-14-24-20-33-30(36-28(24)32-2)35-25-15-12-23(19-31)13-16-25/h7,10,12-13,15-16,20-22,26H,6,8-9,17-18H2,1-5H3,(H,34,40)(H2,32,33,35,36)/b10-7+/t21-,22-,26-/m0/s1. The van der Waals surface area contributed by atoms with Gasteiger partial charge in [-0.1, -0.05) is 24.3 Å². The molecule has 0 bridgehead atoms. The molecule has 1 aromatic heterocycles. The van der Waals surface area contributed by atoms with Gasteiger partial charge >= 0.3 is 0 Å². The highest BCUT2D eigenvalue weighted by molar-refractivity contribution is 5.92. The maximum Gasteiger partial charge on any atom is 0.246 e. The Hall–Kier alpha value is -4.41. The second-order valence-electron chi connectivity index (χ2n) is 10.1. The maximum atomic E-state index is 12.9. The van der Waals surface area contributed by atoms with E-state index in [0.29, 0.717) is 29.4 Å². The van der Waals surface area contributed by atoms with Crippen molar-refractivity contribution in [3.63, 3.8) is 0 Å². The molecule has 10 nitrogen and oxygen atoms in total. The number of likely N-dealkylation sites (N-methyl/N-ethyl adjacent to an activating group) is 2. The lowest BCUT2D eigenvalue weighted by atomic mass is 9.86. The van der Waals surface area contributed by atoms with Gasteiger partial charge in [-0.15, -0.1) is 0 Å². The Labute approximate surface area is 236 Å². The van der Waals surface area contributed by atoms with Gasteiger partial charge in [-0.3, -0.25) is 9.59 Å². The fourth-order valence-corrected chi connectivity index (χ4v) is 4.28. The van der Waals surface area contributed by atoms with E-state index in [9.17, 15) is 9.59 Å². The maximum absolute atomic E-state index is 12.9. The number of benzene rings is 1. The number of carbonyl (C=O) groups is 2. The van der Waals surface area contributed by atoms with Crippen LogP contribution < -0.4 is 16.0 Å². The molecule has 3 N–H and O–H groups in total. The van der Waals surface area contributed by atoms with Crippen molar-refractivity contribution in [1.82, 2.24) is 25.1 Å². The van der Waals surface area contributed by atoms with Gasteiger partial charge in [0.1, 0.15) is 11.9 Å². The number of anilines is 3. The van der Waals surface area contributed by atoms with Crippen LogP contribution in [-0.4, -0.2) is 78.4 Å². The van der Waals surface area contributed by atoms with Crippen molar-refractivity contribution in [2.24, 2.45) is 5.92 Å². The molecule has 2 amide bonds. The number of nitrogens with one attached hydrogen (secondary N) is 3.